The molecule has 0 aliphatic carbocycles. The fourth-order valence-electron chi connectivity index (χ4n) is 1.76. The van der Waals surface area contributed by atoms with Gasteiger partial charge >= 0.3 is 0 Å². The zero-order valence-corrected chi connectivity index (χ0v) is 7.77. The van der Waals surface area contributed by atoms with Gasteiger partial charge in [-0.25, -0.2) is 4.39 Å². The number of benzene rings is 1. The predicted molar refractivity (Wildman–Crippen MR) is 49.9 cm³/mol. The highest BCUT2D eigenvalue weighted by molar-refractivity contribution is 5.89. The summed E-state index contributed by atoms with van der Waals surface area (Å²) in [5.41, 5.74) is 6.52. The van der Waals surface area contributed by atoms with E-state index >= 15 is 0 Å². The van der Waals surface area contributed by atoms with Gasteiger partial charge in [0.05, 0.1) is 6.04 Å². The molecule has 2 N–H and O–H groups in total. The van der Waals surface area contributed by atoms with Crippen molar-refractivity contribution < 1.29 is 9.18 Å². The average Bonchev–Trinajstić information content (AvgIpc) is 2.21. The van der Waals surface area contributed by atoms with E-state index in [9.17, 15) is 9.18 Å². The van der Waals surface area contributed by atoms with Gasteiger partial charge in [-0.05, 0) is 17.7 Å². The van der Waals surface area contributed by atoms with Crippen LogP contribution in [0.3, 0.4) is 0 Å². The molecule has 1 aliphatic heterocycles. The summed E-state index contributed by atoms with van der Waals surface area (Å²) in [5.74, 6) is -0.352. The Morgan fingerprint density at radius 3 is 2.43 bits per heavy atom. The third-order valence-corrected chi connectivity index (χ3v) is 2.60. The molecule has 4 heteroatoms. The highest BCUT2D eigenvalue weighted by Gasteiger charge is 2.42. The fourth-order valence-corrected chi connectivity index (χ4v) is 1.76. The molecule has 1 saturated heterocycles. The number of likely N-dealkylation sites (N-methyl/N-ethyl adjacent to an activating group) is 1. The van der Waals surface area contributed by atoms with E-state index in [-0.39, 0.29) is 17.8 Å². The quantitative estimate of drug-likeness (QED) is 0.668. The average molecular weight is 194 g/mol. The van der Waals surface area contributed by atoms with Crippen LogP contribution in [-0.4, -0.2) is 23.9 Å². The molecule has 1 aromatic rings. The van der Waals surface area contributed by atoms with E-state index < -0.39 is 6.04 Å². The van der Waals surface area contributed by atoms with Crippen LogP contribution in [0, 0.1) is 5.82 Å². The van der Waals surface area contributed by atoms with E-state index in [1.54, 1.807) is 24.1 Å². The maximum atomic E-state index is 12.6. The molecular weight excluding hydrogens is 183 g/mol. The molecule has 0 saturated carbocycles. The molecule has 0 aromatic heterocycles. The van der Waals surface area contributed by atoms with E-state index in [0.29, 0.717) is 0 Å². The smallest absolute Gasteiger partial charge is 0.242 e. The molecule has 1 aliphatic rings. The maximum Gasteiger partial charge on any atom is 0.242 e. The van der Waals surface area contributed by atoms with E-state index in [2.05, 4.69) is 0 Å². The van der Waals surface area contributed by atoms with Crippen LogP contribution in [0.4, 0.5) is 4.39 Å². The van der Waals surface area contributed by atoms with Crippen molar-refractivity contribution in [2.75, 3.05) is 7.05 Å². The molecule has 74 valence electrons. The summed E-state index contributed by atoms with van der Waals surface area (Å²) in [5, 5.41) is 0. The number of carbonyl (C=O) groups is 1. The minimum atomic E-state index is -0.481. The predicted octanol–water partition coefficient (Wildman–Crippen LogP) is 0.666. The van der Waals surface area contributed by atoms with E-state index in [0.717, 1.165) is 5.56 Å². The van der Waals surface area contributed by atoms with Gasteiger partial charge in [-0.2, -0.15) is 0 Å². The van der Waals surface area contributed by atoms with Gasteiger partial charge in [0.2, 0.25) is 5.91 Å². The molecule has 2 atom stereocenters. The molecule has 2 rings (SSSR count). The summed E-state index contributed by atoms with van der Waals surface area (Å²) in [6.07, 6.45) is 0. The zero-order valence-electron chi connectivity index (χ0n) is 7.77. The summed E-state index contributed by atoms with van der Waals surface area (Å²) in [4.78, 5) is 12.7. The molecule has 1 aromatic carbocycles. The monoisotopic (exact) mass is 194 g/mol. The molecular formula is C10H11FN2O. The molecule has 14 heavy (non-hydrogen) atoms. The lowest BCUT2D eigenvalue weighted by atomic mass is 9.90. The summed E-state index contributed by atoms with van der Waals surface area (Å²) >= 11 is 0. The first kappa shape index (κ1) is 9.15. The van der Waals surface area contributed by atoms with Crippen LogP contribution in [0.5, 0.6) is 0 Å². The largest absolute Gasteiger partial charge is 0.335 e. The summed E-state index contributed by atoms with van der Waals surface area (Å²) in [6, 6.07) is 5.47. The van der Waals surface area contributed by atoms with Crippen LogP contribution in [0.2, 0.25) is 0 Å². The van der Waals surface area contributed by atoms with Crippen molar-refractivity contribution in [3.05, 3.63) is 35.6 Å². The second kappa shape index (κ2) is 3.06. The molecule has 1 heterocycles. The van der Waals surface area contributed by atoms with Crippen molar-refractivity contribution in [3.8, 4) is 0 Å². The number of nitrogens with two attached hydrogens (primary N) is 1. The van der Waals surface area contributed by atoms with Gasteiger partial charge in [0.15, 0.2) is 0 Å². The molecule has 1 fully saturated rings. The van der Waals surface area contributed by atoms with Crippen molar-refractivity contribution in [2.24, 2.45) is 5.73 Å². The van der Waals surface area contributed by atoms with Gasteiger partial charge in [-0.1, -0.05) is 12.1 Å². The van der Waals surface area contributed by atoms with Crippen LogP contribution in [-0.2, 0) is 4.79 Å². The number of hydrogen-bond donors (Lipinski definition) is 1. The summed E-state index contributed by atoms with van der Waals surface area (Å²) in [6.45, 7) is 0. The third kappa shape index (κ3) is 1.19. The Morgan fingerprint density at radius 2 is 1.93 bits per heavy atom. The normalized spacial score (nSPS) is 26.2. The van der Waals surface area contributed by atoms with Crippen LogP contribution >= 0.6 is 0 Å². The molecule has 0 spiro atoms. The number of nitrogens with zero attached hydrogens (tertiary/aromatic N) is 1. The summed E-state index contributed by atoms with van der Waals surface area (Å²) < 4.78 is 12.6. The van der Waals surface area contributed by atoms with Crippen molar-refractivity contribution in [1.82, 2.24) is 4.90 Å². The standard InChI is InChI=1S/C10H11FN2O/c1-13-9(8(12)10(13)14)6-2-4-7(11)5-3-6/h2-5,8-9H,12H2,1H3. The first-order chi connectivity index (χ1) is 6.61. The van der Waals surface area contributed by atoms with E-state index in [4.69, 9.17) is 5.73 Å². The van der Waals surface area contributed by atoms with E-state index in [1.165, 1.54) is 12.1 Å². The SMILES string of the molecule is CN1C(=O)C(N)C1c1ccc(F)cc1. The number of amides is 1. The van der Waals surface area contributed by atoms with Gasteiger partial charge in [-0.15, -0.1) is 0 Å². The van der Waals surface area contributed by atoms with Crippen molar-refractivity contribution >= 4 is 5.91 Å². The lowest BCUT2D eigenvalue weighted by molar-refractivity contribution is -0.147. The molecule has 2 unspecified atom stereocenters. The highest BCUT2D eigenvalue weighted by Crippen LogP contribution is 2.31. The van der Waals surface area contributed by atoms with Gasteiger partial charge in [-0.3, -0.25) is 4.79 Å². The molecule has 0 radical (unpaired) electrons. The lowest BCUT2D eigenvalue weighted by Crippen LogP contribution is -2.61. The first-order valence-electron chi connectivity index (χ1n) is 4.39. The van der Waals surface area contributed by atoms with Crippen LogP contribution in [0.15, 0.2) is 24.3 Å². The Morgan fingerprint density at radius 1 is 1.36 bits per heavy atom. The van der Waals surface area contributed by atoms with Gasteiger partial charge < -0.3 is 10.6 Å². The summed E-state index contributed by atoms with van der Waals surface area (Å²) in [7, 11) is 1.69. The topological polar surface area (TPSA) is 46.3 Å². The Labute approximate surface area is 81.3 Å². The molecule has 1 amide bonds. The minimum absolute atomic E-state index is 0.0701. The second-order valence-corrected chi connectivity index (χ2v) is 3.47. The number of carbonyl (C=O) groups excluding carboxylic acids is 1. The van der Waals surface area contributed by atoms with Crippen LogP contribution in [0.25, 0.3) is 0 Å². The second-order valence-electron chi connectivity index (χ2n) is 3.47. The number of halogens is 1. The van der Waals surface area contributed by atoms with Crippen LogP contribution in [0.1, 0.15) is 11.6 Å². The third-order valence-electron chi connectivity index (χ3n) is 2.60. The number of β-lactam (4-membered cyclic amide) rings is 1. The fraction of sp³-hybridized carbons (Fsp3) is 0.300. The Balaban J connectivity index is 2.24. The Hall–Kier alpha value is -1.42. The van der Waals surface area contributed by atoms with Gasteiger partial charge in [0.25, 0.3) is 0 Å². The van der Waals surface area contributed by atoms with Crippen LogP contribution < -0.4 is 5.73 Å². The minimum Gasteiger partial charge on any atom is -0.335 e. The number of rotatable bonds is 1. The van der Waals surface area contributed by atoms with Crippen molar-refractivity contribution in [2.45, 2.75) is 12.1 Å². The molecule has 0 bridgehead atoms. The Kier molecular flexibility index (Phi) is 2.00. The molecule has 3 nitrogen and oxygen atoms in total. The van der Waals surface area contributed by atoms with E-state index in [1.807, 2.05) is 0 Å². The number of likely N-dealkylation sites (tertiary alicyclic amines) is 1. The lowest BCUT2D eigenvalue weighted by Gasteiger charge is -2.43. The van der Waals surface area contributed by atoms with Gasteiger partial charge in [0.1, 0.15) is 11.9 Å². The van der Waals surface area contributed by atoms with Crippen molar-refractivity contribution in [3.63, 3.8) is 0 Å². The Bertz CT molecular complexity index is 351. The van der Waals surface area contributed by atoms with Gasteiger partial charge in [0, 0.05) is 7.05 Å². The highest BCUT2D eigenvalue weighted by atomic mass is 19.1. The maximum absolute atomic E-state index is 12.6. The first-order valence-corrected chi connectivity index (χ1v) is 4.39. The zero-order chi connectivity index (χ0) is 10.3. The van der Waals surface area contributed by atoms with Crippen molar-refractivity contribution in [1.29, 1.82) is 0 Å². The number of hydrogen-bond acceptors (Lipinski definition) is 2.